The first-order chi connectivity index (χ1) is 12.0. The van der Waals surface area contributed by atoms with Crippen molar-refractivity contribution >= 4 is 29.1 Å². The van der Waals surface area contributed by atoms with Gasteiger partial charge in [0.05, 0.1) is 0 Å². The van der Waals surface area contributed by atoms with Gasteiger partial charge in [0.25, 0.3) is 11.8 Å². The minimum Gasteiger partial charge on any atom is -0.347 e. The van der Waals surface area contributed by atoms with E-state index in [1.807, 2.05) is 0 Å². The molecule has 0 atom stereocenters. The normalized spacial score (nSPS) is 9.80. The van der Waals surface area contributed by atoms with E-state index in [2.05, 4.69) is 27.5 Å². The summed E-state index contributed by atoms with van der Waals surface area (Å²) in [5, 5.41) is 7.96. The lowest BCUT2D eigenvalue weighted by Gasteiger charge is -2.08. The van der Waals surface area contributed by atoms with Crippen LogP contribution in [0.25, 0.3) is 0 Å². The van der Waals surface area contributed by atoms with Crippen LogP contribution in [-0.4, -0.2) is 29.3 Å². The van der Waals surface area contributed by atoms with Crippen LogP contribution in [0.4, 0.5) is 11.4 Å². The molecule has 2 rings (SSSR count). The van der Waals surface area contributed by atoms with Crippen molar-refractivity contribution in [2.45, 2.75) is 6.92 Å². The molecule has 0 saturated heterocycles. The van der Waals surface area contributed by atoms with Gasteiger partial charge in [-0.05, 0) is 36.4 Å². The van der Waals surface area contributed by atoms with E-state index in [9.17, 15) is 14.4 Å². The van der Waals surface area contributed by atoms with E-state index in [1.165, 1.54) is 25.3 Å². The lowest BCUT2D eigenvalue weighted by molar-refractivity contribution is -0.114. The molecule has 1 aromatic carbocycles. The summed E-state index contributed by atoms with van der Waals surface area (Å²) in [5.41, 5.74) is 1.66. The number of carbonyl (C=O) groups excluding carboxylic acids is 3. The van der Waals surface area contributed by atoms with Gasteiger partial charge in [-0.15, -0.1) is 6.58 Å². The molecular formula is C18H18N4O3. The van der Waals surface area contributed by atoms with E-state index in [-0.39, 0.29) is 23.4 Å². The van der Waals surface area contributed by atoms with Gasteiger partial charge in [-0.2, -0.15) is 0 Å². The zero-order valence-corrected chi connectivity index (χ0v) is 13.7. The summed E-state index contributed by atoms with van der Waals surface area (Å²) >= 11 is 0. The van der Waals surface area contributed by atoms with Gasteiger partial charge < -0.3 is 16.0 Å². The Morgan fingerprint density at radius 1 is 1.04 bits per heavy atom. The van der Waals surface area contributed by atoms with Crippen LogP contribution < -0.4 is 16.0 Å². The molecule has 0 saturated carbocycles. The molecule has 0 fully saturated rings. The Kier molecular flexibility index (Phi) is 6.00. The number of hydrogen-bond acceptors (Lipinski definition) is 4. The number of nitrogens with one attached hydrogen (secondary N) is 3. The Bertz CT molecular complexity index is 800. The molecule has 1 aromatic heterocycles. The second kappa shape index (κ2) is 8.39. The fraction of sp³-hybridized carbons (Fsp3) is 0.111. The Labute approximate surface area is 145 Å². The van der Waals surface area contributed by atoms with E-state index in [0.717, 1.165) is 0 Å². The fourth-order valence-electron chi connectivity index (χ4n) is 1.99. The molecule has 1 heterocycles. The van der Waals surface area contributed by atoms with Crippen LogP contribution in [0.2, 0.25) is 0 Å². The highest BCUT2D eigenvalue weighted by molar-refractivity contribution is 6.05. The van der Waals surface area contributed by atoms with Crippen molar-refractivity contribution in [3.8, 4) is 0 Å². The Hall–Kier alpha value is -3.48. The number of benzene rings is 1. The van der Waals surface area contributed by atoms with Crippen molar-refractivity contribution in [1.29, 1.82) is 0 Å². The molecule has 0 aliphatic heterocycles. The standard InChI is InChI=1S/C18H18N4O3/c1-3-9-20-18(25)16-11-13(8-10-19-16)17(24)22-15-6-4-14(5-7-15)21-12(2)23/h3-8,10-11H,1,9H2,2H3,(H,20,25)(H,21,23)(H,22,24). The Balaban J connectivity index is 2.06. The van der Waals surface area contributed by atoms with Crippen LogP contribution in [0.3, 0.4) is 0 Å². The van der Waals surface area contributed by atoms with E-state index in [1.54, 1.807) is 30.3 Å². The van der Waals surface area contributed by atoms with Gasteiger partial charge in [0.2, 0.25) is 5.91 Å². The van der Waals surface area contributed by atoms with Crippen LogP contribution >= 0.6 is 0 Å². The summed E-state index contributed by atoms with van der Waals surface area (Å²) in [5.74, 6) is -0.919. The molecule has 7 heteroatoms. The van der Waals surface area contributed by atoms with Crippen molar-refractivity contribution in [1.82, 2.24) is 10.3 Å². The van der Waals surface area contributed by atoms with Crippen molar-refractivity contribution < 1.29 is 14.4 Å². The molecule has 25 heavy (non-hydrogen) atoms. The monoisotopic (exact) mass is 338 g/mol. The highest BCUT2D eigenvalue weighted by atomic mass is 16.2. The summed E-state index contributed by atoms with van der Waals surface area (Å²) in [6.07, 6.45) is 2.96. The maximum atomic E-state index is 12.3. The van der Waals surface area contributed by atoms with E-state index in [0.29, 0.717) is 23.5 Å². The molecule has 0 unspecified atom stereocenters. The fourth-order valence-corrected chi connectivity index (χ4v) is 1.99. The maximum absolute atomic E-state index is 12.3. The van der Waals surface area contributed by atoms with Crippen LogP contribution in [0.15, 0.2) is 55.3 Å². The zero-order valence-electron chi connectivity index (χ0n) is 13.7. The third kappa shape index (κ3) is 5.28. The molecule has 3 amide bonds. The van der Waals surface area contributed by atoms with Crippen LogP contribution in [-0.2, 0) is 4.79 Å². The van der Waals surface area contributed by atoms with Crippen LogP contribution in [0.1, 0.15) is 27.8 Å². The summed E-state index contributed by atoms with van der Waals surface area (Å²) in [4.78, 5) is 39.1. The molecule has 0 bridgehead atoms. The van der Waals surface area contributed by atoms with Gasteiger partial charge in [-0.1, -0.05) is 6.08 Å². The first-order valence-electron chi connectivity index (χ1n) is 7.53. The number of rotatable bonds is 6. The maximum Gasteiger partial charge on any atom is 0.270 e. The van der Waals surface area contributed by atoms with Gasteiger partial charge in [0.1, 0.15) is 5.69 Å². The van der Waals surface area contributed by atoms with Crippen LogP contribution in [0.5, 0.6) is 0 Å². The predicted molar refractivity (Wildman–Crippen MR) is 95.5 cm³/mol. The molecule has 3 N–H and O–H groups in total. The number of carbonyl (C=O) groups is 3. The van der Waals surface area contributed by atoms with Crippen molar-refractivity contribution in [2.75, 3.05) is 17.2 Å². The average Bonchev–Trinajstić information content (AvgIpc) is 2.61. The van der Waals surface area contributed by atoms with Gasteiger partial charge in [-0.3, -0.25) is 19.4 Å². The molecule has 128 valence electrons. The van der Waals surface area contributed by atoms with Crippen LogP contribution in [0, 0.1) is 0 Å². The molecule has 0 aliphatic rings. The van der Waals surface area contributed by atoms with Crippen molar-refractivity contribution in [2.24, 2.45) is 0 Å². The van der Waals surface area contributed by atoms with Gasteiger partial charge in [-0.25, -0.2) is 0 Å². The highest BCUT2D eigenvalue weighted by Gasteiger charge is 2.11. The minimum atomic E-state index is -0.380. The summed E-state index contributed by atoms with van der Waals surface area (Å²) < 4.78 is 0. The number of nitrogens with zero attached hydrogens (tertiary/aromatic N) is 1. The lowest BCUT2D eigenvalue weighted by Crippen LogP contribution is -2.24. The van der Waals surface area contributed by atoms with Crippen molar-refractivity contribution in [3.05, 3.63) is 66.5 Å². The molecule has 0 spiro atoms. The quantitative estimate of drug-likeness (QED) is 0.703. The largest absolute Gasteiger partial charge is 0.347 e. The van der Waals surface area contributed by atoms with E-state index >= 15 is 0 Å². The molecule has 0 aliphatic carbocycles. The third-order valence-corrected chi connectivity index (χ3v) is 3.12. The van der Waals surface area contributed by atoms with E-state index in [4.69, 9.17) is 0 Å². The summed E-state index contributed by atoms with van der Waals surface area (Å²) in [6.45, 7) is 5.25. The number of aromatic nitrogens is 1. The second-order valence-electron chi connectivity index (χ2n) is 5.14. The first kappa shape index (κ1) is 17.9. The number of hydrogen-bond donors (Lipinski definition) is 3. The second-order valence-corrected chi connectivity index (χ2v) is 5.14. The summed E-state index contributed by atoms with van der Waals surface area (Å²) in [6, 6.07) is 9.63. The average molecular weight is 338 g/mol. The molecular weight excluding hydrogens is 320 g/mol. The highest BCUT2D eigenvalue weighted by Crippen LogP contribution is 2.15. The SMILES string of the molecule is C=CCNC(=O)c1cc(C(=O)Nc2ccc(NC(C)=O)cc2)ccn1. The molecule has 0 radical (unpaired) electrons. The Morgan fingerprint density at radius 3 is 2.28 bits per heavy atom. The third-order valence-electron chi connectivity index (χ3n) is 3.12. The van der Waals surface area contributed by atoms with Gasteiger partial charge >= 0.3 is 0 Å². The topological polar surface area (TPSA) is 100 Å². The molecule has 2 aromatic rings. The van der Waals surface area contributed by atoms with Gasteiger partial charge in [0, 0.05) is 36.6 Å². The van der Waals surface area contributed by atoms with Crippen molar-refractivity contribution in [3.63, 3.8) is 0 Å². The Morgan fingerprint density at radius 2 is 1.68 bits per heavy atom. The molecule has 7 nitrogen and oxygen atoms in total. The van der Waals surface area contributed by atoms with E-state index < -0.39 is 0 Å². The lowest BCUT2D eigenvalue weighted by atomic mass is 10.2. The smallest absolute Gasteiger partial charge is 0.270 e. The number of amides is 3. The number of anilines is 2. The number of pyridine rings is 1. The zero-order chi connectivity index (χ0) is 18.2. The summed E-state index contributed by atoms with van der Waals surface area (Å²) in [7, 11) is 0. The first-order valence-corrected chi connectivity index (χ1v) is 7.53. The van der Waals surface area contributed by atoms with Gasteiger partial charge in [0.15, 0.2) is 0 Å². The minimum absolute atomic E-state index is 0.149. The predicted octanol–water partition coefficient (Wildman–Crippen LogP) is 2.21.